The zero-order valence-electron chi connectivity index (χ0n) is 13.5. The Kier molecular flexibility index (Phi) is 3.67. The SMILES string of the molecule is Cc1oc2c(c1C(=O)NC1CCCCCC1)C1=NCCN1C=N2. The summed E-state index contributed by atoms with van der Waals surface area (Å²) < 4.78 is 5.71. The summed E-state index contributed by atoms with van der Waals surface area (Å²) >= 11 is 0. The van der Waals surface area contributed by atoms with Gasteiger partial charge < -0.3 is 14.6 Å². The molecule has 122 valence electrons. The molecule has 1 N–H and O–H groups in total. The standard InChI is InChI=1S/C17H22N4O2/c1-11-13(16(22)20-12-6-4-2-3-5-7-12)14-15-18-8-9-21(15)10-19-17(14)23-11/h10,12H,2-9H2,1H3,(H,20,22). The smallest absolute Gasteiger partial charge is 0.255 e. The third kappa shape index (κ3) is 2.56. The lowest BCUT2D eigenvalue weighted by molar-refractivity contribution is 0.0931. The van der Waals surface area contributed by atoms with Crippen molar-refractivity contribution in [1.82, 2.24) is 10.2 Å². The lowest BCUT2D eigenvalue weighted by Crippen LogP contribution is -2.36. The van der Waals surface area contributed by atoms with E-state index in [0.29, 0.717) is 17.2 Å². The van der Waals surface area contributed by atoms with Crippen LogP contribution in [0.15, 0.2) is 14.4 Å². The molecule has 4 rings (SSSR count). The van der Waals surface area contributed by atoms with Crippen molar-refractivity contribution < 1.29 is 9.21 Å². The fourth-order valence-corrected chi connectivity index (χ4v) is 3.70. The fourth-order valence-electron chi connectivity index (χ4n) is 3.70. The molecule has 1 fully saturated rings. The van der Waals surface area contributed by atoms with E-state index in [1.165, 1.54) is 25.7 Å². The van der Waals surface area contributed by atoms with E-state index in [4.69, 9.17) is 4.42 Å². The second-order valence-electron chi connectivity index (χ2n) is 6.52. The van der Waals surface area contributed by atoms with Crippen LogP contribution in [0.4, 0.5) is 5.88 Å². The molecule has 1 aromatic rings. The Bertz CT molecular complexity index is 681. The Balaban J connectivity index is 1.63. The summed E-state index contributed by atoms with van der Waals surface area (Å²) in [5.74, 6) is 1.89. The lowest BCUT2D eigenvalue weighted by Gasteiger charge is -2.20. The van der Waals surface area contributed by atoms with Crippen molar-refractivity contribution in [1.29, 1.82) is 0 Å². The summed E-state index contributed by atoms with van der Waals surface area (Å²) in [6.07, 6.45) is 8.80. The Morgan fingerprint density at radius 2 is 2.09 bits per heavy atom. The van der Waals surface area contributed by atoms with Gasteiger partial charge in [0.1, 0.15) is 17.9 Å². The third-order valence-corrected chi connectivity index (χ3v) is 4.90. The molecule has 2 aliphatic heterocycles. The zero-order valence-corrected chi connectivity index (χ0v) is 13.5. The van der Waals surface area contributed by atoms with Gasteiger partial charge in [0, 0.05) is 12.6 Å². The number of nitrogens with zero attached hydrogens (tertiary/aromatic N) is 3. The van der Waals surface area contributed by atoms with Crippen LogP contribution < -0.4 is 5.32 Å². The van der Waals surface area contributed by atoms with Crippen LogP contribution >= 0.6 is 0 Å². The second-order valence-corrected chi connectivity index (χ2v) is 6.52. The van der Waals surface area contributed by atoms with Crippen LogP contribution in [0.2, 0.25) is 0 Å². The molecular weight excluding hydrogens is 292 g/mol. The van der Waals surface area contributed by atoms with Crippen LogP contribution in [-0.2, 0) is 0 Å². The molecular formula is C17H22N4O2. The number of hydrogen-bond acceptors (Lipinski definition) is 5. The van der Waals surface area contributed by atoms with E-state index < -0.39 is 0 Å². The maximum absolute atomic E-state index is 12.9. The normalized spacial score (nSPS) is 20.7. The molecule has 1 saturated carbocycles. The van der Waals surface area contributed by atoms with Gasteiger partial charge in [0.15, 0.2) is 0 Å². The number of amides is 1. The first-order valence-corrected chi connectivity index (χ1v) is 8.54. The highest BCUT2D eigenvalue weighted by Gasteiger charge is 2.34. The minimum atomic E-state index is -0.0500. The number of aryl methyl sites for hydroxylation is 1. The molecule has 3 heterocycles. The topological polar surface area (TPSA) is 70.2 Å². The minimum Gasteiger partial charge on any atom is -0.442 e. The van der Waals surface area contributed by atoms with Crippen molar-refractivity contribution in [3.05, 3.63) is 16.9 Å². The van der Waals surface area contributed by atoms with Gasteiger partial charge in [-0.05, 0) is 19.8 Å². The van der Waals surface area contributed by atoms with Crippen LogP contribution in [0.25, 0.3) is 0 Å². The van der Waals surface area contributed by atoms with E-state index in [1.54, 1.807) is 6.34 Å². The van der Waals surface area contributed by atoms with Gasteiger partial charge >= 0.3 is 0 Å². The third-order valence-electron chi connectivity index (χ3n) is 4.90. The number of rotatable bonds is 2. The number of nitrogens with one attached hydrogen (secondary N) is 1. The molecule has 6 heteroatoms. The van der Waals surface area contributed by atoms with Crippen molar-refractivity contribution >= 4 is 24.0 Å². The molecule has 0 radical (unpaired) electrons. The molecule has 1 aliphatic carbocycles. The highest BCUT2D eigenvalue weighted by Crippen LogP contribution is 2.34. The van der Waals surface area contributed by atoms with Gasteiger partial charge in [-0.1, -0.05) is 25.7 Å². The van der Waals surface area contributed by atoms with Gasteiger partial charge in [-0.25, -0.2) is 4.99 Å². The fraction of sp³-hybridized carbons (Fsp3) is 0.588. The van der Waals surface area contributed by atoms with E-state index in [2.05, 4.69) is 15.3 Å². The summed E-state index contributed by atoms with van der Waals surface area (Å²) in [6, 6.07) is 0.267. The summed E-state index contributed by atoms with van der Waals surface area (Å²) in [5, 5.41) is 3.21. The number of hydrogen-bond donors (Lipinski definition) is 1. The van der Waals surface area contributed by atoms with Gasteiger partial charge in [-0.2, -0.15) is 0 Å². The molecule has 1 aromatic heterocycles. The largest absolute Gasteiger partial charge is 0.442 e. The van der Waals surface area contributed by atoms with Gasteiger partial charge in [0.05, 0.1) is 17.7 Å². The van der Waals surface area contributed by atoms with Crippen molar-refractivity contribution in [2.24, 2.45) is 9.98 Å². The highest BCUT2D eigenvalue weighted by atomic mass is 16.4. The molecule has 0 atom stereocenters. The molecule has 0 aromatic carbocycles. The van der Waals surface area contributed by atoms with Gasteiger partial charge in [0.2, 0.25) is 5.88 Å². The first-order valence-electron chi connectivity index (χ1n) is 8.54. The Labute approximate surface area is 135 Å². The quantitative estimate of drug-likeness (QED) is 0.853. The summed E-state index contributed by atoms with van der Waals surface area (Å²) in [4.78, 5) is 23.7. The molecule has 6 nitrogen and oxygen atoms in total. The zero-order chi connectivity index (χ0) is 15.8. The number of amidine groups is 1. The summed E-state index contributed by atoms with van der Waals surface area (Å²) in [7, 11) is 0. The van der Waals surface area contributed by atoms with Gasteiger partial charge in [-0.3, -0.25) is 9.79 Å². The number of aliphatic imine (C=N–C) groups is 2. The monoisotopic (exact) mass is 314 g/mol. The van der Waals surface area contributed by atoms with Crippen LogP contribution in [0.5, 0.6) is 0 Å². The lowest BCUT2D eigenvalue weighted by atomic mass is 10.0. The predicted molar refractivity (Wildman–Crippen MR) is 88.7 cm³/mol. The Morgan fingerprint density at radius 1 is 1.30 bits per heavy atom. The molecule has 1 amide bonds. The van der Waals surface area contributed by atoms with Crippen molar-refractivity contribution in [3.63, 3.8) is 0 Å². The van der Waals surface area contributed by atoms with Crippen molar-refractivity contribution in [2.75, 3.05) is 13.1 Å². The molecule has 23 heavy (non-hydrogen) atoms. The molecule has 0 bridgehead atoms. The molecule has 3 aliphatic rings. The van der Waals surface area contributed by atoms with Gasteiger partial charge in [0.25, 0.3) is 5.91 Å². The van der Waals surface area contributed by atoms with Crippen LogP contribution in [0.1, 0.15) is 60.2 Å². The molecule has 0 spiro atoms. The van der Waals surface area contributed by atoms with E-state index >= 15 is 0 Å². The summed E-state index contributed by atoms with van der Waals surface area (Å²) in [6.45, 7) is 3.37. The Hall–Kier alpha value is -2.11. The molecule has 0 unspecified atom stereocenters. The maximum Gasteiger partial charge on any atom is 0.255 e. The van der Waals surface area contributed by atoms with Crippen LogP contribution in [-0.4, -0.2) is 42.1 Å². The van der Waals surface area contributed by atoms with Crippen LogP contribution in [0, 0.1) is 6.92 Å². The number of fused-ring (bicyclic) bond motifs is 3. The highest BCUT2D eigenvalue weighted by molar-refractivity contribution is 6.17. The molecule has 0 saturated heterocycles. The Morgan fingerprint density at radius 3 is 2.87 bits per heavy atom. The van der Waals surface area contributed by atoms with Crippen molar-refractivity contribution in [2.45, 2.75) is 51.5 Å². The average molecular weight is 314 g/mol. The van der Waals surface area contributed by atoms with Crippen LogP contribution in [0.3, 0.4) is 0 Å². The average Bonchev–Trinajstić information content (AvgIpc) is 3.04. The van der Waals surface area contributed by atoms with Gasteiger partial charge in [-0.15, -0.1) is 0 Å². The summed E-state index contributed by atoms with van der Waals surface area (Å²) in [5.41, 5.74) is 1.36. The van der Waals surface area contributed by atoms with E-state index in [9.17, 15) is 4.79 Å². The number of furan rings is 1. The first-order chi connectivity index (χ1) is 11.2. The van der Waals surface area contributed by atoms with E-state index in [1.807, 2.05) is 11.8 Å². The van der Waals surface area contributed by atoms with Crippen molar-refractivity contribution in [3.8, 4) is 0 Å². The maximum atomic E-state index is 12.9. The predicted octanol–water partition coefficient (Wildman–Crippen LogP) is 2.78. The minimum absolute atomic E-state index is 0.0500. The number of carbonyl (C=O) groups excluding carboxylic acids is 1. The second kappa shape index (κ2) is 5.83. The first kappa shape index (κ1) is 14.5. The van der Waals surface area contributed by atoms with E-state index in [-0.39, 0.29) is 11.9 Å². The number of carbonyl (C=O) groups is 1. The van der Waals surface area contributed by atoms with E-state index in [0.717, 1.165) is 37.3 Å².